The lowest BCUT2D eigenvalue weighted by atomic mass is 9.85. The van der Waals surface area contributed by atoms with Gasteiger partial charge in [-0.05, 0) is 30.0 Å². The number of hydrogen-bond donors (Lipinski definition) is 1. The highest BCUT2D eigenvalue weighted by atomic mass is 35.5. The van der Waals surface area contributed by atoms with E-state index in [-0.39, 0.29) is 28.6 Å². The summed E-state index contributed by atoms with van der Waals surface area (Å²) in [5.74, 6) is -0.578. The summed E-state index contributed by atoms with van der Waals surface area (Å²) in [5, 5.41) is 10.3. The van der Waals surface area contributed by atoms with Crippen molar-refractivity contribution in [1.29, 1.82) is 0 Å². The third-order valence-electron chi connectivity index (χ3n) is 3.69. The number of benzene rings is 1. The molecule has 0 bridgehead atoms. The maximum Gasteiger partial charge on any atom is 0.253 e. The van der Waals surface area contributed by atoms with E-state index in [1.54, 1.807) is 17.9 Å². The van der Waals surface area contributed by atoms with Gasteiger partial charge in [0.25, 0.3) is 5.91 Å². The van der Waals surface area contributed by atoms with Crippen molar-refractivity contribution in [3.05, 3.63) is 45.9 Å². The molecule has 0 radical (unpaired) electrons. The fourth-order valence-electron chi connectivity index (χ4n) is 2.67. The normalized spacial score (nSPS) is 19.6. The minimum absolute atomic E-state index is 0.0281. The molecule has 0 fully saturated rings. The van der Waals surface area contributed by atoms with Crippen molar-refractivity contribution in [3.8, 4) is 0 Å². The zero-order valence-corrected chi connectivity index (χ0v) is 13.3. The second-order valence-corrected chi connectivity index (χ2v) is 6.87. The molecule has 1 aromatic carbocycles. The first-order valence-corrected chi connectivity index (χ1v) is 7.15. The summed E-state index contributed by atoms with van der Waals surface area (Å²) in [6, 6.07) is 3.99. The van der Waals surface area contributed by atoms with Gasteiger partial charge in [0.1, 0.15) is 11.6 Å². The zero-order chi connectivity index (χ0) is 15.9. The van der Waals surface area contributed by atoms with Gasteiger partial charge in [0.05, 0.1) is 16.6 Å². The summed E-state index contributed by atoms with van der Waals surface area (Å²) in [7, 11) is 0. The smallest absolute Gasteiger partial charge is 0.253 e. The predicted molar refractivity (Wildman–Crippen MR) is 80.5 cm³/mol. The van der Waals surface area contributed by atoms with Crippen molar-refractivity contribution >= 4 is 17.5 Å². The molecular formula is C16H19ClFNO2. The third kappa shape index (κ3) is 2.91. The first-order chi connectivity index (χ1) is 9.62. The first-order valence-electron chi connectivity index (χ1n) is 6.77. The van der Waals surface area contributed by atoms with Gasteiger partial charge in [-0.2, -0.15) is 0 Å². The van der Waals surface area contributed by atoms with Crippen LogP contribution < -0.4 is 0 Å². The quantitative estimate of drug-likeness (QED) is 0.894. The standard InChI is InChI=1S/C16H19ClFNO2/c1-9-13(20)14(16(2,3)4)19(15(9)21)8-10-5-6-12(18)11(17)7-10/h5-7,14,20H,8H2,1-4H3/t14-/m1/s1. The number of nitrogens with zero attached hydrogens (tertiary/aromatic N) is 1. The van der Waals surface area contributed by atoms with E-state index in [0.29, 0.717) is 5.57 Å². The van der Waals surface area contributed by atoms with Crippen LogP contribution in [0.4, 0.5) is 4.39 Å². The Morgan fingerprint density at radius 3 is 2.52 bits per heavy atom. The second-order valence-electron chi connectivity index (χ2n) is 6.46. The SMILES string of the molecule is CC1=C(O)[C@H](C(C)(C)C)N(Cc2ccc(F)c(Cl)c2)C1=O. The molecule has 21 heavy (non-hydrogen) atoms. The van der Waals surface area contributed by atoms with Crippen molar-refractivity contribution in [3.63, 3.8) is 0 Å². The molecule has 2 rings (SSSR count). The van der Waals surface area contributed by atoms with Gasteiger partial charge >= 0.3 is 0 Å². The molecule has 5 heteroatoms. The summed E-state index contributed by atoms with van der Waals surface area (Å²) in [5.41, 5.74) is 0.788. The zero-order valence-electron chi connectivity index (χ0n) is 12.6. The van der Waals surface area contributed by atoms with E-state index in [4.69, 9.17) is 11.6 Å². The maximum atomic E-state index is 13.2. The molecule has 0 saturated carbocycles. The Kier molecular flexibility index (Phi) is 4.02. The van der Waals surface area contributed by atoms with Gasteiger partial charge in [0.15, 0.2) is 0 Å². The van der Waals surface area contributed by atoms with E-state index in [9.17, 15) is 14.3 Å². The summed E-state index contributed by atoms with van der Waals surface area (Å²) >= 11 is 5.78. The van der Waals surface area contributed by atoms with Crippen LogP contribution in [-0.2, 0) is 11.3 Å². The van der Waals surface area contributed by atoms with Gasteiger partial charge in [-0.3, -0.25) is 4.79 Å². The third-order valence-corrected chi connectivity index (χ3v) is 3.98. The van der Waals surface area contributed by atoms with E-state index < -0.39 is 11.9 Å². The Balaban J connectivity index is 2.34. The molecule has 0 aromatic heterocycles. The monoisotopic (exact) mass is 311 g/mol. The fraction of sp³-hybridized carbons (Fsp3) is 0.438. The van der Waals surface area contributed by atoms with Crippen molar-refractivity contribution in [2.45, 2.75) is 40.3 Å². The molecule has 1 heterocycles. The molecule has 1 aliphatic rings. The van der Waals surface area contributed by atoms with Crippen LogP contribution in [0.3, 0.4) is 0 Å². The number of amides is 1. The summed E-state index contributed by atoms with van der Waals surface area (Å²) in [4.78, 5) is 13.9. The molecule has 114 valence electrons. The van der Waals surface area contributed by atoms with E-state index in [2.05, 4.69) is 0 Å². The average molecular weight is 312 g/mol. The number of hydrogen-bond acceptors (Lipinski definition) is 2. The molecule has 0 spiro atoms. The molecule has 0 unspecified atom stereocenters. The average Bonchev–Trinajstić information content (AvgIpc) is 2.58. The summed E-state index contributed by atoms with van der Waals surface area (Å²) in [6.07, 6.45) is 0. The van der Waals surface area contributed by atoms with Gasteiger partial charge in [-0.15, -0.1) is 0 Å². The Morgan fingerprint density at radius 1 is 1.38 bits per heavy atom. The molecule has 1 amide bonds. The van der Waals surface area contributed by atoms with Crippen molar-refractivity contribution in [1.82, 2.24) is 4.90 Å². The molecule has 1 N–H and O–H groups in total. The molecule has 1 aromatic rings. The largest absolute Gasteiger partial charge is 0.510 e. The van der Waals surface area contributed by atoms with Gasteiger partial charge < -0.3 is 10.0 Å². The highest BCUT2D eigenvalue weighted by Gasteiger charge is 2.43. The Labute approximate surface area is 129 Å². The van der Waals surface area contributed by atoms with E-state index in [1.807, 2.05) is 20.8 Å². The van der Waals surface area contributed by atoms with Crippen LogP contribution in [0.15, 0.2) is 29.5 Å². The fourth-order valence-corrected chi connectivity index (χ4v) is 2.87. The van der Waals surface area contributed by atoms with Gasteiger partial charge in [0.2, 0.25) is 0 Å². The number of aliphatic hydroxyl groups excluding tert-OH is 1. The van der Waals surface area contributed by atoms with Crippen LogP contribution in [0.1, 0.15) is 33.3 Å². The van der Waals surface area contributed by atoms with Gasteiger partial charge in [0, 0.05) is 6.54 Å². The number of carbonyl (C=O) groups is 1. The minimum atomic E-state index is -0.488. The second kappa shape index (κ2) is 5.34. The van der Waals surface area contributed by atoms with Crippen molar-refractivity contribution in [2.24, 2.45) is 5.41 Å². The van der Waals surface area contributed by atoms with E-state index >= 15 is 0 Å². The summed E-state index contributed by atoms with van der Waals surface area (Å²) < 4.78 is 13.2. The Morgan fingerprint density at radius 2 is 2.00 bits per heavy atom. The van der Waals surface area contributed by atoms with Gasteiger partial charge in [-0.1, -0.05) is 38.4 Å². The van der Waals surface area contributed by atoms with Crippen LogP contribution >= 0.6 is 11.6 Å². The molecule has 0 aliphatic carbocycles. The maximum absolute atomic E-state index is 13.2. The lowest BCUT2D eigenvalue weighted by Gasteiger charge is -2.35. The van der Waals surface area contributed by atoms with Crippen LogP contribution in [0.25, 0.3) is 0 Å². The van der Waals surface area contributed by atoms with Crippen molar-refractivity contribution < 1.29 is 14.3 Å². The lowest BCUT2D eigenvalue weighted by molar-refractivity contribution is -0.129. The molecule has 3 nitrogen and oxygen atoms in total. The highest BCUT2D eigenvalue weighted by Crippen LogP contribution is 2.37. The Hall–Kier alpha value is -1.55. The number of carbonyl (C=O) groups excluding carboxylic acids is 1. The summed E-state index contributed by atoms with van der Waals surface area (Å²) in [6.45, 7) is 7.79. The van der Waals surface area contributed by atoms with Crippen LogP contribution in [0.5, 0.6) is 0 Å². The number of rotatable bonds is 2. The molecule has 1 atom stereocenters. The van der Waals surface area contributed by atoms with E-state index in [1.165, 1.54) is 12.1 Å². The number of aliphatic hydroxyl groups is 1. The van der Waals surface area contributed by atoms with Crippen LogP contribution in [0, 0.1) is 11.2 Å². The minimum Gasteiger partial charge on any atom is -0.510 e. The van der Waals surface area contributed by atoms with Crippen LogP contribution in [-0.4, -0.2) is 22.0 Å². The van der Waals surface area contributed by atoms with Crippen molar-refractivity contribution in [2.75, 3.05) is 0 Å². The topological polar surface area (TPSA) is 40.5 Å². The number of halogens is 2. The molecular weight excluding hydrogens is 293 g/mol. The molecule has 1 aliphatic heterocycles. The van der Waals surface area contributed by atoms with Crippen LogP contribution in [0.2, 0.25) is 5.02 Å². The van der Waals surface area contributed by atoms with Gasteiger partial charge in [-0.25, -0.2) is 4.39 Å². The first kappa shape index (κ1) is 15.8. The van der Waals surface area contributed by atoms with E-state index in [0.717, 1.165) is 5.56 Å². The highest BCUT2D eigenvalue weighted by molar-refractivity contribution is 6.30. The predicted octanol–water partition coefficient (Wildman–Crippen LogP) is 4.07. The molecule has 0 saturated heterocycles. The lowest BCUT2D eigenvalue weighted by Crippen LogP contribution is -2.43. The Bertz CT molecular complexity index is 619.